The number of piperazine rings is 1. The summed E-state index contributed by atoms with van der Waals surface area (Å²) in [5.74, 6) is 1.59. The second kappa shape index (κ2) is 15.1. The Morgan fingerprint density at radius 1 is 1.00 bits per heavy atom. The lowest BCUT2D eigenvalue weighted by atomic mass is 9.86. The summed E-state index contributed by atoms with van der Waals surface area (Å²) in [6.07, 6.45) is 7.84. The van der Waals surface area contributed by atoms with Gasteiger partial charge in [0, 0.05) is 47.7 Å². The molecule has 0 amide bonds. The maximum absolute atomic E-state index is 17.6. The largest absolute Gasteiger partial charge is 0.476 e. The van der Waals surface area contributed by atoms with Gasteiger partial charge in [0.05, 0.1) is 22.2 Å². The van der Waals surface area contributed by atoms with Crippen LogP contribution in [0.4, 0.5) is 27.8 Å². The van der Waals surface area contributed by atoms with Crippen molar-refractivity contribution in [3.63, 3.8) is 0 Å². The number of pyridine rings is 1. The number of halogens is 5. The molecular weight excluding hydrogens is 768 g/mol. The summed E-state index contributed by atoms with van der Waals surface area (Å²) in [4.78, 5) is 26.9. The second-order valence-electron chi connectivity index (χ2n) is 16.5. The van der Waals surface area contributed by atoms with Crippen molar-refractivity contribution in [1.29, 1.82) is 0 Å². The van der Waals surface area contributed by atoms with E-state index in [0.29, 0.717) is 39.8 Å². The second-order valence-corrected chi connectivity index (χ2v) is 16.5. The Balaban J connectivity index is 1.11. The standard InChI is InChI=1S/C44H45F5N8O2/c1-5-28-30(45)13-12-26-9-7-10-29(35(26)28)39-37(46)40-36-38(53-39)24(3)11-14-32-31(6-2)52-25(4)20-56(32)41(36)55-42(54-40)59-22-43-16-8-18-57(43)27(15-17-43)21-58-34-19-33(44(47,48)49)50-23-51-34/h1,7,9-10,12-13,19,23-25,27,31-32,52H,6,8,11,14-18,20-22H2,2-4H3/t24-,25-,27+,31+,32-,43+/m1/s1. The SMILES string of the molecule is C#Cc1c(F)ccc2cccc(-c3nc4c5c(nc(OC[C@@]67CCCN6[C@H](COc6cc(C(F)(F)F)ncn6)CC7)nc5c3F)N3C[C@@H](C)N[C@@H](CC)[C@H]3CC[C@H]4C)c12. The van der Waals surface area contributed by atoms with Gasteiger partial charge in [-0.3, -0.25) is 4.90 Å². The average Bonchev–Trinajstić information content (AvgIpc) is 3.80. The first-order valence-corrected chi connectivity index (χ1v) is 20.4. The Morgan fingerprint density at radius 2 is 1.85 bits per heavy atom. The summed E-state index contributed by atoms with van der Waals surface area (Å²) in [5.41, 5.74) is -0.279. The highest BCUT2D eigenvalue weighted by Crippen LogP contribution is 2.46. The molecule has 6 atom stereocenters. The molecule has 1 N–H and O–H groups in total. The van der Waals surface area contributed by atoms with Gasteiger partial charge < -0.3 is 19.7 Å². The van der Waals surface area contributed by atoms with E-state index in [1.54, 1.807) is 18.2 Å². The highest BCUT2D eigenvalue weighted by Gasteiger charge is 2.50. The fourth-order valence-corrected chi connectivity index (χ4v) is 10.1. The van der Waals surface area contributed by atoms with E-state index >= 15 is 8.78 Å². The van der Waals surface area contributed by atoms with Gasteiger partial charge in [0.1, 0.15) is 42.4 Å². The molecule has 5 aromatic rings. The number of rotatable bonds is 8. The first kappa shape index (κ1) is 39.3. The van der Waals surface area contributed by atoms with Crippen molar-refractivity contribution in [3.05, 3.63) is 71.3 Å². The summed E-state index contributed by atoms with van der Waals surface area (Å²) < 4.78 is 85.0. The molecule has 0 radical (unpaired) electrons. The number of fused-ring (bicyclic) bond motifs is 4. The summed E-state index contributed by atoms with van der Waals surface area (Å²) >= 11 is 0. The van der Waals surface area contributed by atoms with E-state index in [9.17, 15) is 13.2 Å². The van der Waals surface area contributed by atoms with Gasteiger partial charge in [-0.15, -0.1) is 6.42 Å². The molecule has 0 bridgehead atoms. The number of benzene rings is 2. The van der Waals surface area contributed by atoms with E-state index in [-0.39, 0.29) is 72.0 Å². The minimum absolute atomic E-state index is 0.0325. The van der Waals surface area contributed by atoms with E-state index in [1.807, 2.05) is 6.07 Å². The van der Waals surface area contributed by atoms with Gasteiger partial charge in [-0.05, 0) is 75.8 Å². The predicted molar refractivity (Wildman–Crippen MR) is 213 cm³/mol. The van der Waals surface area contributed by atoms with Crippen molar-refractivity contribution in [2.24, 2.45) is 0 Å². The van der Waals surface area contributed by atoms with Crippen LogP contribution in [-0.4, -0.2) is 85.8 Å². The van der Waals surface area contributed by atoms with E-state index in [2.05, 4.69) is 51.8 Å². The van der Waals surface area contributed by atoms with Crippen LogP contribution in [-0.2, 0) is 6.18 Å². The van der Waals surface area contributed by atoms with Gasteiger partial charge >= 0.3 is 12.2 Å². The lowest BCUT2D eigenvalue weighted by Crippen LogP contribution is -2.62. The summed E-state index contributed by atoms with van der Waals surface area (Å²) in [6, 6.07) is 9.41. The Labute approximate surface area is 339 Å². The van der Waals surface area contributed by atoms with Crippen LogP contribution in [0, 0.1) is 24.0 Å². The van der Waals surface area contributed by atoms with Gasteiger partial charge in [-0.2, -0.15) is 23.1 Å². The highest BCUT2D eigenvalue weighted by atomic mass is 19.4. The molecule has 3 aromatic heterocycles. The van der Waals surface area contributed by atoms with Crippen molar-refractivity contribution in [2.45, 2.75) is 108 Å². The maximum atomic E-state index is 17.6. The van der Waals surface area contributed by atoms with Crippen LogP contribution in [0.5, 0.6) is 11.9 Å². The third-order valence-corrected chi connectivity index (χ3v) is 12.9. The van der Waals surface area contributed by atoms with Crippen molar-refractivity contribution in [2.75, 3.05) is 31.2 Å². The Kier molecular flexibility index (Phi) is 10.1. The van der Waals surface area contributed by atoms with Gasteiger partial charge in [0.25, 0.3) is 0 Å². The van der Waals surface area contributed by atoms with E-state index in [4.69, 9.17) is 30.8 Å². The zero-order valence-electron chi connectivity index (χ0n) is 33.1. The zero-order valence-corrected chi connectivity index (χ0v) is 33.1. The molecule has 15 heteroatoms. The first-order chi connectivity index (χ1) is 28.4. The molecule has 308 valence electrons. The first-order valence-electron chi connectivity index (χ1n) is 20.4. The van der Waals surface area contributed by atoms with Crippen LogP contribution in [0.3, 0.4) is 0 Å². The van der Waals surface area contributed by atoms with Crippen molar-refractivity contribution < 1.29 is 31.4 Å². The molecular formula is C44H45F5N8O2. The molecule has 3 fully saturated rings. The number of anilines is 1. The third kappa shape index (κ3) is 6.87. The molecule has 7 heterocycles. The Bertz CT molecular complexity index is 2480. The van der Waals surface area contributed by atoms with Crippen molar-refractivity contribution in [1.82, 2.24) is 35.1 Å². The molecule has 10 nitrogen and oxygen atoms in total. The lowest BCUT2D eigenvalue weighted by molar-refractivity contribution is -0.141. The fourth-order valence-electron chi connectivity index (χ4n) is 10.1. The molecule has 9 rings (SSSR count). The van der Waals surface area contributed by atoms with E-state index in [1.165, 1.54) is 6.07 Å². The minimum atomic E-state index is -4.61. The molecule has 0 aliphatic carbocycles. The number of ether oxygens (including phenoxy) is 2. The highest BCUT2D eigenvalue weighted by molar-refractivity contribution is 6.03. The zero-order chi connectivity index (χ0) is 41.2. The monoisotopic (exact) mass is 812 g/mol. The van der Waals surface area contributed by atoms with Crippen LogP contribution in [0.1, 0.15) is 88.6 Å². The van der Waals surface area contributed by atoms with Crippen LogP contribution >= 0.6 is 0 Å². The normalized spacial score (nSPS) is 25.7. The fraction of sp³-hybridized carbons (Fsp3) is 0.477. The van der Waals surface area contributed by atoms with E-state index in [0.717, 1.165) is 63.9 Å². The molecule has 4 aliphatic heterocycles. The van der Waals surface area contributed by atoms with Crippen LogP contribution < -0.4 is 19.7 Å². The lowest BCUT2D eigenvalue weighted by Gasteiger charge is -2.47. The van der Waals surface area contributed by atoms with Crippen LogP contribution in [0.15, 0.2) is 42.7 Å². The molecule has 4 aliphatic rings. The number of aromatic nitrogens is 5. The van der Waals surface area contributed by atoms with Crippen molar-refractivity contribution >= 4 is 27.5 Å². The Morgan fingerprint density at radius 3 is 2.64 bits per heavy atom. The van der Waals surface area contributed by atoms with Gasteiger partial charge in [-0.1, -0.05) is 44.0 Å². The molecule has 3 saturated heterocycles. The number of hydrogen-bond donors (Lipinski definition) is 1. The van der Waals surface area contributed by atoms with Gasteiger partial charge in [-0.25, -0.2) is 23.7 Å². The maximum Gasteiger partial charge on any atom is 0.433 e. The quantitative estimate of drug-likeness (QED) is 0.122. The molecule has 59 heavy (non-hydrogen) atoms. The van der Waals surface area contributed by atoms with Gasteiger partial charge in [0.15, 0.2) is 11.5 Å². The number of hydrogen-bond acceptors (Lipinski definition) is 10. The van der Waals surface area contributed by atoms with Crippen LogP contribution in [0.2, 0.25) is 0 Å². The van der Waals surface area contributed by atoms with E-state index < -0.39 is 29.0 Å². The molecule has 0 unspecified atom stereocenters. The third-order valence-electron chi connectivity index (χ3n) is 12.9. The Hall–Kier alpha value is -5.20. The van der Waals surface area contributed by atoms with Gasteiger partial charge in [0.2, 0.25) is 5.88 Å². The number of nitrogens with one attached hydrogen (secondary N) is 1. The number of nitrogens with zero attached hydrogens (tertiary/aromatic N) is 7. The predicted octanol–water partition coefficient (Wildman–Crippen LogP) is 8.21. The molecule has 2 aromatic carbocycles. The smallest absolute Gasteiger partial charge is 0.433 e. The van der Waals surface area contributed by atoms with Crippen molar-refractivity contribution in [3.8, 4) is 35.5 Å². The number of alkyl halides is 3. The summed E-state index contributed by atoms with van der Waals surface area (Å²) in [7, 11) is 0. The molecule has 0 saturated carbocycles. The number of terminal acetylenes is 1. The minimum Gasteiger partial charge on any atom is -0.476 e. The topological polar surface area (TPSA) is 101 Å². The average molecular weight is 813 g/mol. The molecule has 0 spiro atoms. The summed E-state index contributed by atoms with van der Waals surface area (Å²) in [6.45, 7) is 8.15. The summed E-state index contributed by atoms with van der Waals surface area (Å²) in [5, 5.41) is 5.37. The van der Waals surface area contributed by atoms with Crippen LogP contribution in [0.25, 0.3) is 32.9 Å².